The summed E-state index contributed by atoms with van der Waals surface area (Å²) in [4.78, 5) is 14.8. The fraction of sp³-hybridized carbons (Fsp3) is 0.100. The number of pyridine rings is 1. The van der Waals surface area contributed by atoms with Gasteiger partial charge in [0.05, 0.1) is 18.0 Å². The first kappa shape index (κ1) is 9.21. The molecule has 0 saturated carbocycles. The maximum Gasteiger partial charge on any atom is 0.356 e. The average Bonchev–Trinajstić information content (AvgIpc) is 2.59. The van der Waals surface area contributed by atoms with Crippen LogP contribution in [0.25, 0.3) is 5.52 Å². The molecule has 0 aliphatic heterocycles. The Bertz CT molecular complexity index is 566. The number of nitriles is 1. The number of aromatic nitrogens is 2. The van der Waals surface area contributed by atoms with Crippen molar-refractivity contribution in [3.05, 3.63) is 35.9 Å². The molecule has 0 unspecified atom stereocenters. The Morgan fingerprint density at radius 2 is 2.40 bits per heavy atom. The van der Waals surface area contributed by atoms with Crippen molar-refractivity contribution in [1.82, 2.24) is 9.38 Å². The molecule has 1 N–H and O–H groups in total. The molecule has 74 valence electrons. The fourth-order valence-corrected chi connectivity index (χ4v) is 1.45. The van der Waals surface area contributed by atoms with E-state index in [0.29, 0.717) is 11.3 Å². The second-order valence-corrected chi connectivity index (χ2v) is 2.97. The van der Waals surface area contributed by atoms with Crippen LogP contribution in [-0.4, -0.2) is 20.5 Å². The summed E-state index contributed by atoms with van der Waals surface area (Å²) in [7, 11) is 0. The monoisotopic (exact) mass is 201 g/mol. The van der Waals surface area contributed by atoms with E-state index in [9.17, 15) is 4.79 Å². The van der Waals surface area contributed by atoms with Gasteiger partial charge in [-0.15, -0.1) is 0 Å². The lowest BCUT2D eigenvalue weighted by Crippen LogP contribution is -1.97. The van der Waals surface area contributed by atoms with Gasteiger partial charge in [0.15, 0.2) is 5.69 Å². The van der Waals surface area contributed by atoms with E-state index < -0.39 is 5.97 Å². The number of nitrogens with zero attached hydrogens (tertiary/aromatic N) is 3. The number of carbonyl (C=O) groups is 1. The average molecular weight is 201 g/mol. The molecule has 0 bridgehead atoms. The fourth-order valence-electron chi connectivity index (χ4n) is 1.45. The summed E-state index contributed by atoms with van der Waals surface area (Å²) >= 11 is 0. The van der Waals surface area contributed by atoms with Crippen molar-refractivity contribution < 1.29 is 9.90 Å². The molecule has 0 aromatic carbocycles. The van der Waals surface area contributed by atoms with Gasteiger partial charge in [-0.25, -0.2) is 9.78 Å². The highest BCUT2D eigenvalue weighted by atomic mass is 16.4. The van der Waals surface area contributed by atoms with E-state index in [-0.39, 0.29) is 12.1 Å². The third kappa shape index (κ3) is 1.42. The van der Waals surface area contributed by atoms with Crippen LogP contribution in [0.3, 0.4) is 0 Å². The predicted molar refractivity (Wildman–Crippen MR) is 51.5 cm³/mol. The standard InChI is InChI=1S/C10H7N3O2/c11-5-4-8-12-9(10(14)15)7-3-1-2-6-13(7)8/h1-3,6H,4H2,(H,14,15). The van der Waals surface area contributed by atoms with Crippen LogP contribution >= 0.6 is 0 Å². The molecule has 0 saturated heterocycles. The van der Waals surface area contributed by atoms with Crippen molar-refractivity contribution in [3.8, 4) is 6.07 Å². The van der Waals surface area contributed by atoms with Crippen LogP contribution < -0.4 is 0 Å². The lowest BCUT2D eigenvalue weighted by molar-refractivity contribution is 0.0693. The Labute approximate surface area is 85.2 Å². The second kappa shape index (κ2) is 3.42. The van der Waals surface area contributed by atoms with Gasteiger partial charge < -0.3 is 9.51 Å². The number of carboxylic acid groups (broad SMARTS) is 1. The molecule has 0 fully saturated rings. The van der Waals surface area contributed by atoms with E-state index in [4.69, 9.17) is 10.4 Å². The summed E-state index contributed by atoms with van der Waals surface area (Å²) in [5.41, 5.74) is 0.496. The second-order valence-electron chi connectivity index (χ2n) is 2.97. The summed E-state index contributed by atoms with van der Waals surface area (Å²) in [5.74, 6) is -0.631. The number of hydrogen-bond acceptors (Lipinski definition) is 3. The van der Waals surface area contributed by atoms with E-state index >= 15 is 0 Å². The van der Waals surface area contributed by atoms with Gasteiger partial charge in [0.25, 0.3) is 0 Å². The van der Waals surface area contributed by atoms with Crippen molar-refractivity contribution >= 4 is 11.5 Å². The van der Waals surface area contributed by atoms with Gasteiger partial charge in [0, 0.05) is 6.20 Å². The van der Waals surface area contributed by atoms with E-state index in [1.807, 2.05) is 6.07 Å². The predicted octanol–water partition coefficient (Wildman–Crippen LogP) is 1.10. The van der Waals surface area contributed by atoms with Crippen LogP contribution in [0.4, 0.5) is 0 Å². The third-order valence-corrected chi connectivity index (χ3v) is 2.06. The number of imidazole rings is 1. The number of fused-ring (bicyclic) bond motifs is 1. The number of carboxylic acids is 1. The molecule has 0 aliphatic rings. The zero-order valence-electron chi connectivity index (χ0n) is 7.71. The van der Waals surface area contributed by atoms with Crippen molar-refractivity contribution in [3.63, 3.8) is 0 Å². The summed E-state index contributed by atoms with van der Waals surface area (Å²) in [5, 5.41) is 17.5. The highest BCUT2D eigenvalue weighted by Gasteiger charge is 2.15. The topological polar surface area (TPSA) is 78.4 Å². The molecule has 2 aromatic heterocycles. The third-order valence-electron chi connectivity index (χ3n) is 2.06. The molecule has 5 nitrogen and oxygen atoms in total. The molecule has 2 rings (SSSR count). The van der Waals surface area contributed by atoms with Gasteiger partial charge in [0.1, 0.15) is 5.82 Å². The van der Waals surface area contributed by atoms with Crippen LogP contribution in [-0.2, 0) is 6.42 Å². The smallest absolute Gasteiger partial charge is 0.356 e. The molecule has 5 heteroatoms. The van der Waals surface area contributed by atoms with Gasteiger partial charge in [-0.1, -0.05) is 6.07 Å². The Morgan fingerprint density at radius 3 is 3.07 bits per heavy atom. The van der Waals surface area contributed by atoms with Gasteiger partial charge in [-0.05, 0) is 12.1 Å². The highest BCUT2D eigenvalue weighted by Crippen LogP contribution is 2.13. The summed E-state index contributed by atoms with van der Waals surface area (Å²) in [6, 6.07) is 7.12. The minimum atomic E-state index is -1.08. The molecule has 0 atom stereocenters. The minimum Gasteiger partial charge on any atom is -0.476 e. The molecule has 2 heterocycles. The maximum atomic E-state index is 10.9. The Balaban J connectivity index is 2.74. The highest BCUT2D eigenvalue weighted by molar-refractivity contribution is 5.93. The zero-order chi connectivity index (χ0) is 10.8. The molecular weight excluding hydrogens is 194 g/mol. The van der Waals surface area contributed by atoms with E-state index in [0.717, 1.165) is 0 Å². The summed E-state index contributed by atoms with van der Waals surface area (Å²) in [6.07, 6.45) is 1.79. The van der Waals surface area contributed by atoms with Gasteiger partial charge in [0.2, 0.25) is 0 Å². The van der Waals surface area contributed by atoms with E-state index in [1.54, 1.807) is 28.8 Å². The molecule has 0 aliphatic carbocycles. The SMILES string of the molecule is N#CCc1nc(C(=O)O)c2ccccn12. The van der Waals surface area contributed by atoms with Crippen LogP contribution in [0, 0.1) is 11.3 Å². The molecule has 0 radical (unpaired) electrons. The van der Waals surface area contributed by atoms with Crippen molar-refractivity contribution in [2.24, 2.45) is 0 Å². The minimum absolute atomic E-state index is 0.0131. The lowest BCUT2D eigenvalue weighted by Gasteiger charge is -1.94. The van der Waals surface area contributed by atoms with Crippen LogP contribution in [0.5, 0.6) is 0 Å². The van der Waals surface area contributed by atoms with Crippen LogP contribution in [0.1, 0.15) is 16.3 Å². The molecule has 0 spiro atoms. The van der Waals surface area contributed by atoms with E-state index in [2.05, 4.69) is 4.98 Å². The Kier molecular flexibility index (Phi) is 2.10. The Morgan fingerprint density at radius 1 is 1.60 bits per heavy atom. The van der Waals surface area contributed by atoms with Crippen molar-refractivity contribution in [1.29, 1.82) is 5.26 Å². The zero-order valence-corrected chi connectivity index (χ0v) is 7.71. The van der Waals surface area contributed by atoms with Crippen LogP contribution in [0.15, 0.2) is 24.4 Å². The maximum absolute atomic E-state index is 10.9. The van der Waals surface area contributed by atoms with Gasteiger partial charge in [-0.2, -0.15) is 5.26 Å². The summed E-state index contributed by atoms with van der Waals surface area (Å²) < 4.78 is 1.62. The first-order valence-electron chi connectivity index (χ1n) is 4.30. The molecule has 15 heavy (non-hydrogen) atoms. The number of rotatable bonds is 2. The normalized spacial score (nSPS) is 10.1. The first-order valence-corrected chi connectivity index (χ1v) is 4.30. The van der Waals surface area contributed by atoms with Gasteiger partial charge >= 0.3 is 5.97 Å². The number of aromatic carboxylic acids is 1. The molecule has 0 amide bonds. The van der Waals surface area contributed by atoms with Crippen molar-refractivity contribution in [2.45, 2.75) is 6.42 Å². The number of hydrogen-bond donors (Lipinski definition) is 1. The quantitative estimate of drug-likeness (QED) is 0.789. The van der Waals surface area contributed by atoms with Crippen molar-refractivity contribution in [2.75, 3.05) is 0 Å². The van der Waals surface area contributed by atoms with Crippen LogP contribution in [0.2, 0.25) is 0 Å². The largest absolute Gasteiger partial charge is 0.476 e. The lowest BCUT2D eigenvalue weighted by atomic mass is 10.3. The van der Waals surface area contributed by atoms with Gasteiger partial charge in [-0.3, -0.25) is 0 Å². The molecular formula is C10H7N3O2. The summed E-state index contributed by atoms with van der Waals surface area (Å²) in [6.45, 7) is 0. The van der Waals surface area contributed by atoms with E-state index in [1.165, 1.54) is 0 Å². The molecule has 2 aromatic rings. The first-order chi connectivity index (χ1) is 7.24. The Hall–Kier alpha value is -2.35.